The zero-order valence-corrected chi connectivity index (χ0v) is 29.5. The molecule has 0 aliphatic carbocycles. The van der Waals surface area contributed by atoms with Crippen LogP contribution in [0.3, 0.4) is 0 Å². The summed E-state index contributed by atoms with van der Waals surface area (Å²) >= 11 is 5.65. The molecule has 1 saturated heterocycles. The molecular weight excluding hydrogens is 706 g/mol. The van der Waals surface area contributed by atoms with E-state index in [1.165, 1.54) is 12.1 Å². The van der Waals surface area contributed by atoms with Crippen molar-refractivity contribution in [2.75, 3.05) is 0 Å². The molecule has 0 bridgehead atoms. The summed E-state index contributed by atoms with van der Waals surface area (Å²) in [6.45, 7) is 8.01. The number of benzene rings is 4. The molecule has 9 rings (SSSR count). The standard InChI is InChI=1S/C18H11FN2O2.C13H16BNO4.C7H4ClNO2/c19-13-7-4-11(5-8-13)14-2-1-3-15(20-14)12-6-9-16-17(10-12)23-18(22)21-16;1-12(2)13(3,4)19-14(18-12)8-5-6-9-10(7-8)17-11(16)15-9;8-4-1-2-5-6(3-4)11-7(10)9-5/h1-10H,(H,21,22);5-7H,1-4H3,(H,15,16);1-3H,(H,9,10). The number of nitrogens with zero attached hydrogens (tertiary/aromatic N) is 1. The number of pyridine rings is 1. The highest BCUT2D eigenvalue weighted by atomic mass is 35.5. The zero-order valence-electron chi connectivity index (χ0n) is 28.8. The lowest BCUT2D eigenvalue weighted by molar-refractivity contribution is 0.00578. The van der Waals surface area contributed by atoms with Gasteiger partial charge in [-0.05, 0) is 106 Å². The summed E-state index contributed by atoms with van der Waals surface area (Å²) in [5.74, 6) is -1.67. The quantitative estimate of drug-likeness (QED) is 0.159. The van der Waals surface area contributed by atoms with Gasteiger partial charge in [0.25, 0.3) is 0 Å². The van der Waals surface area contributed by atoms with Crippen LogP contribution in [0.15, 0.2) is 125 Å². The molecule has 12 nitrogen and oxygen atoms in total. The second kappa shape index (κ2) is 13.9. The first kappa shape index (κ1) is 35.4. The minimum absolute atomic E-state index is 0.280. The predicted octanol–water partition coefficient (Wildman–Crippen LogP) is 7.18. The highest BCUT2D eigenvalue weighted by Gasteiger charge is 2.51. The number of hydrogen-bond donors (Lipinski definition) is 3. The van der Waals surface area contributed by atoms with Gasteiger partial charge in [-0.25, -0.2) is 23.8 Å². The van der Waals surface area contributed by atoms with Gasteiger partial charge in [-0.15, -0.1) is 0 Å². The number of nitrogens with one attached hydrogen (secondary N) is 3. The molecule has 0 atom stereocenters. The molecule has 5 heterocycles. The van der Waals surface area contributed by atoms with E-state index in [1.54, 1.807) is 54.6 Å². The molecule has 15 heteroatoms. The SMILES string of the molecule is CC1(C)OB(c2ccc3[nH]c(=O)oc3c2)OC1(C)C.O=c1[nH]c2ccc(-c3cccc(-c4ccc(F)cc4)n3)cc2o1.O=c1[nH]c2ccc(Cl)cc2o1. The van der Waals surface area contributed by atoms with Crippen molar-refractivity contribution in [3.63, 3.8) is 0 Å². The van der Waals surface area contributed by atoms with E-state index in [-0.39, 0.29) is 17.0 Å². The highest BCUT2D eigenvalue weighted by molar-refractivity contribution is 6.62. The molecule has 1 aliphatic heterocycles. The van der Waals surface area contributed by atoms with Gasteiger partial charge in [0.1, 0.15) is 5.82 Å². The van der Waals surface area contributed by atoms with Gasteiger partial charge in [-0.2, -0.15) is 0 Å². The minimum atomic E-state index is -0.481. The van der Waals surface area contributed by atoms with Crippen LogP contribution >= 0.6 is 11.6 Å². The summed E-state index contributed by atoms with van der Waals surface area (Å²) < 4.78 is 39.8. The topological polar surface area (TPSA) is 169 Å². The van der Waals surface area contributed by atoms with Gasteiger partial charge in [0, 0.05) is 22.2 Å². The Morgan fingerprint density at radius 3 is 1.66 bits per heavy atom. The lowest BCUT2D eigenvalue weighted by atomic mass is 9.79. The van der Waals surface area contributed by atoms with E-state index in [0.29, 0.717) is 38.3 Å². The van der Waals surface area contributed by atoms with Crippen molar-refractivity contribution in [1.82, 2.24) is 19.9 Å². The summed E-state index contributed by atoms with van der Waals surface area (Å²) in [7, 11) is -0.449. The average molecular weight is 737 g/mol. The van der Waals surface area contributed by atoms with Gasteiger partial charge in [-0.1, -0.05) is 29.8 Å². The molecule has 8 aromatic rings. The molecule has 3 N–H and O–H groups in total. The van der Waals surface area contributed by atoms with Crippen LogP contribution in [0.1, 0.15) is 27.7 Å². The molecule has 0 saturated carbocycles. The van der Waals surface area contributed by atoms with Gasteiger partial charge < -0.3 is 22.6 Å². The summed E-state index contributed by atoms with van der Waals surface area (Å²) in [6.07, 6.45) is 0. The van der Waals surface area contributed by atoms with Gasteiger partial charge in [-0.3, -0.25) is 15.0 Å². The smallest absolute Gasteiger partial charge is 0.408 e. The van der Waals surface area contributed by atoms with E-state index in [2.05, 4.69) is 19.9 Å². The maximum atomic E-state index is 13.0. The zero-order chi connectivity index (χ0) is 37.5. The highest BCUT2D eigenvalue weighted by Crippen LogP contribution is 2.36. The Morgan fingerprint density at radius 1 is 0.604 bits per heavy atom. The summed E-state index contributed by atoms with van der Waals surface area (Å²) in [5, 5.41) is 0.556. The fourth-order valence-corrected chi connectivity index (χ4v) is 5.65. The second-order valence-corrected chi connectivity index (χ2v) is 13.6. The Bertz CT molecular complexity index is 2750. The first-order valence-electron chi connectivity index (χ1n) is 16.4. The van der Waals surface area contributed by atoms with Crippen LogP contribution in [-0.2, 0) is 9.31 Å². The molecule has 1 fully saturated rings. The molecule has 4 aromatic heterocycles. The molecule has 0 radical (unpaired) electrons. The summed E-state index contributed by atoms with van der Waals surface area (Å²) in [6, 6.07) is 27.7. The second-order valence-electron chi connectivity index (χ2n) is 13.2. The molecule has 1 aliphatic rings. The van der Waals surface area contributed by atoms with Crippen molar-refractivity contribution in [1.29, 1.82) is 0 Å². The number of rotatable bonds is 3. The number of oxazole rings is 3. The molecule has 0 amide bonds. The normalized spacial score (nSPS) is 14.6. The largest absolute Gasteiger partial charge is 0.494 e. The van der Waals surface area contributed by atoms with Gasteiger partial charge in [0.05, 0.1) is 39.1 Å². The van der Waals surface area contributed by atoms with Crippen molar-refractivity contribution in [3.05, 3.63) is 140 Å². The van der Waals surface area contributed by atoms with Crippen LogP contribution in [0, 0.1) is 5.82 Å². The van der Waals surface area contributed by atoms with Gasteiger partial charge in [0.15, 0.2) is 16.7 Å². The van der Waals surface area contributed by atoms with Crippen LogP contribution in [0.25, 0.3) is 55.8 Å². The van der Waals surface area contributed by atoms with Crippen molar-refractivity contribution in [2.45, 2.75) is 38.9 Å². The van der Waals surface area contributed by atoms with Crippen LogP contribution in [0.2, 0.25) is 5.02 Å². The fraction of sp³-hybridized carbons (Fsp3) is 0.158. The average Bonchev–Trinajstić information content (AvgIpc) is 3.85. The Morgan fingerprint density at radius 2 is 1.08 bits per heavy atom. The van der Waals surface area contributed by atoms with E-state index in [0.717, 1.165) is 28.0 Å². The van der Waals surface area contributed by atoms with Crippen molar-refractivity contribution >= 4 is 57.5 Å². The maximum absolute atomic E-state index is 13.0. The van der Waals surface area contributed by atoms with Gasteiger partial charge in [0.2, 0.25) is 0 Å². The maximum Gasteiger partial charge on any atom is 0.494 e. The van der Waals surface area contributed by atoms with E-state index in [1.807, 2.05) is 58.0 Å². The van der Waals surface area contributed by atoms with Crippen molar-refractivity contribution in [2.24, 2.45) is 0 Å². The molecule has 53 heavy (non-hydrogen) atoms. The number of hydrogen-bond acceptors (Lipinski definition) is 9. The first-order chi connectivity index (χ1) is 25.2. The van der Waals surface area contributed by atoms with Crippen LogP contribution < -0.4 is 22.7 Å². The Hall–Kier alpha value is -5.96. The third-order valence-corrected chi connectivity index (χ3v) is 9.19. The molecular formula is C38H31BClFN4O8. The van der Waals surface area contributed by atoms with Crippen molar-refractivity contribution in [3.8, 4) is 22.5 Å². The molecule has 4 aromatic carbocycles. The number of halogens is 2. The third kappa shape index (κ3) is 7.65. The number of fused-ring (bicyclic) bond motifs is 3. The predicted molar refractivity (Wildman–Crippen MR) is 200 cm³/mol. The van der Waals surface area contributed by atoms with E-state index in [4.69, 9.17) is 34.2 Å². The van der Waals surface area contributed by atoms with Gasteiger partial charge >= 0.3 is 24.4 Å². The van der Waals surface area contributed by atoms with Crippen LogP contribution in [0.4, 0.5) is 4.39 Å². The monoisotopic (exact) mass is 736 g/mol. The summed E-state index contributed by atoms with van der Waals surface area (Å²) in [5.41, 5.74) is 6.72. The lowest BCUT2D eigenvalue weighted by Gasteiger charge is -2.32. The van der Waals surface area contributed by atoms with E-state index >= 15 is 0 Å². The summed E-state index contributed by atoms with van der Waals surface area (Å²) in [4.78, 5) is 45.3. The third-order valence-electron chi connectivity index (χ3n) is 8.96. The van der Waals surface area contributed by atoms with E-state index in [9.17, 15) is 18.8 Å². The van der Waals surface area contributed by atoms with Crippen LogP contribution in [-0.4, -0.2) is 38.3 Å². The Balaban J connectivity index is 0.000000131. The molecule has 268 valence electrons. The molecule has 0 spiro atoms. The Kier molecular flexibility index (Phi) is 9.28. The van der Waals surface area contributed by atoms with Crippen LogP contribution in [0.5, 0.6) is 0 Å². The fourth-order valence-electron chi connectivity index (χ4n) is 5.49. The Labute approximate surface area is 304 Å². The number of aromatic nitrogens is 4. The number of aromatic amines is 3. The first-order valence-corrected chi connectivity index (χ1v) is 16.7. The van der Waals surface area contributed by atoms with E-state index < -0.39 is 24.4 Å². The minimum Gasteiger partial charge on any atom is -0.408 e. The van der Waals surface area contributed by atoms with Crippen molar-refractivity contribution < 1.29 is 27.0 Å². The lowest BCUT2D eigenvalue weighted by Crippen LogP contribution is -2.41. The molecule has 0 unspecified atom stereocenters. The number of H-pyrrole nitrogens is 3.